The normalized spacial score (nSPS) is 22.8. The average Bonchev–Trinajstić information content (AvgIpc) is 2.98. The number of benzene rings is 1. The van der Waals surface area contributed by atoms with Crippen LogP contribution in [-0.2, 0) is 30.3 Å². The molecule has 1 fully saturated rings. The maximum Gasteiger partial charge on any atom is 0.470 e. The van der Waals surface area contributed by atoms with Crippen molar-refractivity contribution in [1.82, 2.24) is 0 Å². The smallest absolute Gasteiger partial charge is 0.461 e. The SMILES string of the molecule is CC1(CCC(=O)OCc2ccccc2)OCC(COC(=O)N=O)O1. The number of nitrogens with zero attached hydrogens (tertiary/aromatic N) is 1. The van der Waals surface area contributed by atoms with Gasteiger partial charge in [-0.15, -0.1) is 4.91 Å². The van der Waals surface area contributed by atoms with Crippen molar-refractivity contribution in [3.63, 3.8) is 0 Å². The van der Waals surface area contributed by atoms with Crippen LogP contribution in [0.25, 0.3) is 0 Å². The van der Waals surface area contributed by atoms with Gasteiger partial charge in [-0.1, -0.05) is 30.3 Å². The van der Waals surface area contributed by atoms with Gasteiger partial charge < -0.3 is 18.9 Å². The summed E-state index contributed by atoms with van der Waals surface area (Å²) in [6.45, 7) is 1.98. The minimum atomic E-state index is -1.20. The van der Waals surface area contributed by atoms with Crippen molar-refractivity contribution in [2.24, 2.45) is 5.18 Å². The zero-order chi connectivity index (χ0) is 17.4. The highest BCUT2D eigenvalue weighted by atomic mass is 16.8. The monoisotopic (exact) mass is 337 g/mol. The first-order chi connectivity index (χ1) is 11.5. The predicted octanol–water partition coefficient (Wildman–Crippen LogP) is 2.54. The zero-order valence-electron chi connectivity index (χ0n) is 13.3. The molecule has 1 aromatic carbocycles. The van der Waals surface area contributed by atoms with Crippen LogP contribution in [0.4, 0.5) is 4.79 Å². The molecule has 8 nitrogen and oxygen atoms in total. The van der Waals surface area contributed by atoms with Crippen LogP contribution in [0.15, 0.2) is 35.5 Å². The molecule has 0 bridgehead atoms. The Labute approximate surface area is 139 Å². The van der Waals surface area contributed by atoms with E-state index in [0.717, 1.165) is 5.56 Å². The third kappa shape index (κ3) is 5.71. The summed E-state index contributed by atoms with van der Waals surface area (Å²) in [5.41, 5.74) is 0.913. The topological polar surface area (TPSA) is 100 Å². The first-order valence-corrected chi connectivity index (χ1v) is 7.52. The van der Waals surface area contributed by atoms with Crippen LogP contribution in [-0.4, -0.2) is 37.2 Å². The maximum atomic E-state index is 11.8. The van der Waals surface area contributed by atoms with Crippen molar-refractivity contribution < 1.29 is 28.5 Å². The Balaban J connectivity index is 1.68. The number of ether oxygens (including phenoxy) is 4. The molecule has 1 amide bonds. The lowest BCUT2D eigenvalue weighted by molar-refractivity contribution is -0.170. The number of carbonyl (C=O) groups is 2. The van der Waals surface area contributed by atoms with Crippen LogP contribution >= 0.6 is 0 Å². The van der Waals surface area contributed by atoms with Gasteiger partial charge in [-0.3, -0.25) is 4.79 Å². The first-order valence-electron chi connectivity index (χ1n) is 7.52. The van der Waals surface area contributed by atoms with Gasteiger partial charge in [-0.2, -0.15) is 0 Å². The molecule has 24 heavy (non-hydrogen) atoms. The third-order valence-corrected chi connectivity index (χ3v) is 3.48. The highest BCUT2D eigenvalue weighted by Gasteiger charge is 2.38. The van der Waals surface area contributed by atoms with Gasteiger partial charge in [0, 0.05) is 6.42 Å². The molecule has 0 N–H and O–H groups in total. The maximum absolute atomic E-state index is 11.8. The average molecular weight is 337 g/mol. The highest BCUT2D eigenvalue weighted by molar-refractivity contribution is 5.69. The standard InChI is InChI=1S/C16H19NO7/c1-16(23-11-13(24-16)10-22-15(19)17-20)8-7-14(18)21-9-12-5-3-2-4-6-12/h2-6,13H,7-11H2,1H3. The van der Waals surface area contributed by atoms with E-state index in [4.69, 9.17) is 14.2 Å². The van der Waals surface area contributed by atoms with E-state index in [1.54, 1.807) is 6.92 Å². The fraction of sp³-hybridized carbons (Fsp3) is 0.500. The number of hydrogen-bond donors (Lipinski definition) is 0. The molecule has 1 aromatic rings. The Morgan fingerprint density at radius 1 is 1.29 bits per heavy atom. The molecule has 1 aliphatic rings. The lowest BCUT2D eigenvalue weighted by Crippen LogP contribution is -2.29. The van der Waals surface area contributed by atoms with Gasteiger partial charge in [0.25, 0.3) is 0 Å². The number of rotatable bonds is 7. The largest absolute Gasteiger partial charge is 0.470 e. The molecule has 0 aromatic heterocycles. The van der Waals surface area contributed by atoms with E-state index in [1.807, 2.05) is 30.3 Å². The molecule has 0 aliphatic carbocycles. The number of hydrogen-bond acceptors (Lipinski definition) is 7. The first kappa shape index (κ1) is 18.0. The Hall–Kier alpha value is -2.32. The predicted molar refractivity (Wildman–Crippen MR) is 81.8 cm³/mol. The van der Waals surface area contributed by atoms with Crippen LogP contribution in [0.2, 0.25) is 0 Å². The molecule has 0 spiro atoms. The van der Waals surface area contributed by atoms with Gasteiger partial charge in [-0.05, 0) is 12.5 Å². The Morgan fingerprint density at radius 2 is 2.04 bits per heavy atom. The lowest BCUT2D eigenvalue weighted by atomic mass is 10.1. The van der Waals surface area contributed by atoms with Gasteiger partial charge in [0.05, 0.1) is 18.2 Å². The third-order valence-electron chi connectivity index (χ3n) is 3.48. The lowest BCUT2D eigenvalue weighted by Gasteiger charge is -2.22. The molecular weight excluding hydrogens is 318 g/mol. The molecule has 1 saturated heterocycles. The van der Waals surface area contributed by atoms with Crippen molar-refractivity contribution in [2.45, 2.75) is 38.3 Å². The molecule has 2 unspecified atom stereocenters. The molecule has 2 rings (SSSR count). The van der Waals surface area contributed by atoms with Crippen LogP contribution in [0.1, 0.15) is 25.3 Å². The zero-order valence-corrected chi connectivity index (χ0v) is 13.3. The number of carbonyl (C=O) groups excluding carboxylic acids is 2. The van der Waals surface area contributed by atoms with Crippen LogP contribution < -0.4 is 0 Å². The van der Waals surface area contributed by atoms with Crippen molar-refractivity contribution in [3.8, 4) is 0 Å². The molecule has 130 valence electrons. The van der Waals surface area contributed by atoms with E-state index < -0.39 is 18.0 Å². The summed E-state index contributed by atoms with van der Waals surface area (Å²) in [6, 6.07) is 9.38. The van der Waals surface area contributed by atoms with E-state index in [2.05, 4.69) is 9.91 Å². The summed E-state index contributed by atoms with van der Waals surface area (Å²) < 4.78 is 20.9. The van der Waals surface area contributed by atoms with Crippen LogP contribution in [0, 0.1) is 4.91 Å². The Morgan fingerprint density at radius 3 is 2.75 bits per heavy atom. The van der Waals surface area contributed by atoms with Crippen molar-refractivity contribution in [1.29, 1.82) is 0 Å². The highest BCUT2D eigenvalue weighted by Crippen LogP contribution is 2.28. The molecule has 0 radical (unpaired) electrons. The quantitative estimate of drug-likeness (QED) is 0.556. The van der Waals surface area contributed by atoms with Crippen LogP contribution in [0.5, 0.6) is 0 Å². The van der Waals surface area contributed by atoms with E-state index in [0.29, 0.717) is 6.42 Å². The molecule has 2 atom stereocenters. The van der Waals surface area contributed by atoms with Crippen molar-refractivity contribution in [3.05, 3.63) is 40.8 Å². The Bertz CT molecular complexity index is 577. The summed E-state index contributed by atoms with van der Waals surface area (Å²) in [7, 11) is 0. The van der Waals surface area contributed by atoms with Crippen molar-refractivity contribution in [2.75, 3.05) is 13.2 Å². The molecule has 0 saturated carbocycles. The summed E-state index contributed by atoms with van der Waals surface area (Å²) in [4.78, 5) is 32.4. The number of esters is 1. The molecule has 8 heteroatoms. The van der Waals surface area contributed by atoms with Crippen LogP contribution in [0.3, 0.4) is 0 Å². The van der Waals surface area contributed by atoms with Gasteiger partial charge in [0.2, 0.25) is 0 Å². The van der Waals surface area contributed by atoms with Gasteiger partial charge in [0.1, 0.15) is 19.3 Å². The number of amides is 1. The second-order valence-corrected chi connectivity index (χ2v) is 5.50. The minimum absolute atomic E-state index is 0.126. The molecule has 1 heterocycles. The van der Waals surface area contributed by atoms with Gasteiger partial charge in [-0.25, -0.2) is 4.79 Å². The van der Waals surface area contributed by atoms with E-state index in [1.165, 1.54) is 0 Å². The second-order valence-electron chi connectivity index (χ2n) is 5.50. The molecule has 1 aliphatic heterocycles. The Kier molecular flexibility index (Phi) is 6.39. The second kappa shape index (κ2) is 8.51. The number of nitroso groups, excluding NO2 is 1. The summed E-state index contributed by atoms with van der Waals surface area (Å²) in [5.74, 6) is -1.32. The van der Waals surface area contributed by atoms with E-state index in [-0.39, 0.29) is 32.2 Å². The van der Waals surface area contributed by atoms with Crippen molar-refractivity contribution >= 4 is 12.1 Å². The van der Waals surface area contributed by atoms with Gasteiger partial charge in [0.15, 0.2) is 5.79 Å². The summed E-state index contributed by atoms with van der Waals surface area (Å²) in [6.07, 6.45) is -1.26. The van der Waals surface area contributed by atoms with E-state index in [9.17, 15) is 14.5 Å². The van der Waals surface area contributed by atoms with Gasteiger partial charge >= 0.3 is 12.1 Å². The summed E-state index contributed by atoms with van der Waals surface area (Å²) >= 11 is 0. The fourth-order valence-corrected chi connectivity index (χ4v) is 2.23. The molecular formula is C16H19NO7. The fourth-order valence-electron chi connectivity index (χ4n) is 2.23. The summed E-state index contributed by atoms with van der Waals surface area (Å²) in [5, 5.41) is 2.12. The minimum Gasteiger partial charge on any atom is -0.461 e. The van der Waals surface area contributed by atoms with E-state index >= 15 is 0 Å².